The van der Waals surface area contributed by atoms with Gasteiger partial charge in [-0.2, -0.15) is 13.2 Å². The molecule has 0 bridgehead atoms. The Labute approximate surface area is 199 Å². The summed E-state index contributed by atoms with van der Waals surface area (Å²) in [6, 6.07) is 6.99. The van der Waals surface area contributed by atoms with Crippen LogP contribution in [-0.4, -0.2) is 28.9 Å². The lowest BCUT2D eigenvalue weighted by molar-refractivity contribution is -0.275. The zero-order chi connectivity index (χ0) is 27.2. The summed E-state index contributed by atoms with van der Waals surface area (Å²) in [4.78, 5) is 14.7. The Morgan fingerprint density at radius 1 is 0.676 bits per heavy atom. The molecule has 0 spiro atoms. The number of alkyl halides is 9. The minimum Gasteiger partial charge on any atom is -0.406 e. The highest BCUT2D eigenvalue weighted by atomic mass is 19.4. The zero-order valence-corrected chi connectivity index (χ0v) is 17.7. The first-order valence-corrected chi connectivity index (χ1v) is 9.74. The van der Waals surface area contributed by atoms with Gasteiger partial charge in [-0.05, 0) is 36.4 Å². The summed E-state index contributed by atoms with van der Waals surface area (Å²) in [5.74, 6) is -1.99. The molecule has 0 saturated heterocycles. The van der Waals surface area contributed by atoms with Gasteiger partial charge in [0.15, 0.2) is 22.6 Å². The lowest BCUT2D eigenvalue weighted by atomic mass is 10.00. The molecule has 1 aliphatic heterocycles. The predicted molar refractivity (Wildman–Crippen MR) is 106 cm³/mol. The molecule has 0 aliphatic carbocycles. The number of nitrogens with zero attached hydrogens (tertiary/aromatic N) is 4. The molecule has 3 N–H and O–H groups in total. The number of nitrogen functional groups attached to an aromatic ring is 1. The van der Waals surface area contributed by atoms with Crippen LogP contribution in [-0.2, 0) is 5.66 Å². The highest BCUT2D eigenvalue weighted by molar-refractivity contribution is 5.65. The van der Waals surface area contributed by atoms with Crippen molar-refractivity contribution in [3.05, 3.63) is 65.1 Å². The molecule has 1 unspecified atom stereocenters. The summed E-state index contributed by atoms with van der Waals surface area (Å²) < 4.78 is 124. The fourth-order valence-electron chi connectivity index (χ4n) is 3.19. The van der Waals surface area contributed by atoms with Crippen molar-refractivity contribution in [3.8, 4) is 11.5 Å². The van der Waals surface area contributed by atoms with Crippen LogP contribution in [0.3, 0.4) is 0 Å². The Balaban J connectivity index is 1.68. The van der Waals surface area contributed by atoms with Gasteiger partial charge >= 0.3 is 18.9 Å². The maximum atomic E-state index is 14.1. The quantitative estimate of drug-likeness (QED) is 0.470. The molecule has 196 valence electrons. The van der Waals surface area contributed by atoms with Crippen LogP contribution in [0.15, 0.2) is 58.5 Å². The molecule has 0 saturated carbocycles. The second-order valence-corrected chi connectivity index (χ2v) is 7.27. The fraction of sp³-hybridized carbons (Fsp3) is 0.200. The Bertz CT molecular complexity index is 1420. The summed E-state index contributed by atoms with van der Waals surface area (Å²) >= 11 is 0. The van der Waals surface area contributed by atoms with E-state index in [1.165, 1.54) is 0 Å². The number of rotatable bonds is 5. The van der Waals surface area contributed by atoms with Crippen LogP contribution in [0.1, 0.15) is 5.56 Å². The topological polar surface area (TPSA) is 107 Å². The van der Waals surface area contributed by atoms with Crippen LogP contribution in [0.2, 0.25) is 0 Å². The molecule has 1 aliphatic rings. The van der Waals surface area contributed by atoms with Crippen molar-refractivity contribution in [3.63, 3.8) is 0 Å². The number of hydrogen-bond acceptors (Lipinski definition) is 8. The second-order valence-electron chi connectivity index (χ2n) is 7.27. The van der Waals surface area contributed by atoms with Crippen molar-refractivity contribution in [2.45, 2.75) is 24.6 Å². The molecule has 17 heteroatoms. The average molecular weight is 538 g/mol. The third-order valence-electron chi connectivity index (χ3n) is 4.66. The van der Waals surface area contributed by atoms with Crippen molar-refractivity contribution in [2.75, 3.05) is 11.1 Å². The largest absolute Gasteiger partial charge is 0.573 e. The Hall–Kier alpha value is -4.31. The van der Waals surface area contributed by atoms with Crippen LogP contribution in [0.25, 0.3) is 0 Å². The maximum Gasteiger partial charge on any atom is 0.573 e. The van der Waals surface area contributed by atoms with E-state index in [4.69, 9.17) is 5.73 Å². The van der Waals surface area contributed by atoms with Crippen LogP contribution < -0.4 is 31.5 Å². The number of halogens is 9. The molecule has 0 amide bonds. The Morgan fingerprint density at radius 3 is 1.59 bits per heavy atom. The molecule has 0 radical (unpaired) electrons. The summed E-state index contributed by atoms with van der Waals surface area (Å²) in [6.45, 7) is 0. The molecule has 4 rings (SSSR count). The number of fused-ring (bicyclic) bond motifs is 1. The first-order chi connectivity index (χ1) is 17.0. The SMILES string of the molecule is Nc1nc2c(nc1Nc1ccc(OC(F)(F)F)cc1)=NC(c1ccc(OC(F)(F)F)cc1)(C(F)(F)F)N=2. The highest BCUT2D eigenvalue weighted by Crippen LogP contribution is 2.44. The van der Waals surface area contributed by atoms with Gasteiger partial charge in [-0.3, -0.25) is 0 Å². The van der Waals surface area contributed by atoms with Gasteiger partial charge < -0.3 is 20.5 Å². The van der Waals surface area contributed by atoms with E-state index >= 15 is 0 Å². The third kappa shape index (κ3) is 5.59. The number of nitrogens with one attached hydrogen (secondary N) is 1. The Kier molecular flexibility index (Phi) is 6.04. The monoisotopic (exact) mass is 538 g/mol. The molecule has 2 aromatic carbocycles. The second kappa shape index (κ2) is 8.67. The highest BCUT2D eigenvalue weighted by Gasteiger charge is 2.58. The van der Waals surface area contributed by atoms with Crippen LogP contribution in [0.4, 0.5) is 56.8 Å². The number of ether oxygens (including phenoxy) is 2. The van der Waals surface area contributed by atoms with E-state index in [-0.39, 0.29) is 11.5 Å². The summed E-state index contributed by atoms with van der Waals surface area (Å²) in [7, 11) is 0. The lowest BCUT2D eigenvalue weighted by Gasteiger charge is -2.26. The van der Waals surface area contributed by atoms with E-state index in [0.29, 0.717) is 24.3 Å². The van der Waals surface area contributed by atoms with E-state index < -0.39 is 58.4 Å². The fourth-order valence-corrected chi connectivity index (χ4v) is 3.19. The van der Waals surface area contributed by atoms with E-state index in [1.807, 2.05) is 0 Å². The molecule has 0 fully saturated rings. The number of anilines is 3. The van der Waals surface area contributed by atoms with E-state index in [9.17, 15) is 39.5 Å². The van der Waals surface area contributed by atoms with E-state index in [2.05, 4.69) is 34.7 Å². The molecule has 3 aromatic rings. The first kappa shape index (κ1) is 25.8. The zero-order valence-electron chi connectivity index (χ0n) is 17.7. The summed E-state index contributed by atoms with van der Waals surface area (Å²) in [5, 5.41) is 2.59. The standard InChI is InChI=1S/C20H11F9N6O2/c21-18(22,23)17(9-1-5-11(6-2-9)36-19(24,25)26)34-15-16(35-17)33-14(13(30)32-15)31-10-3-7-12(8-4-10)37-20(27,28)29/h1-8H,(H2,30,32,34)(H,31,33,35). The van der Waals surface area contributed by atoms with Crippen LogP contribution >= 0.6 is 0 Å². The number of nitrogens with two attached hydrogens (primary N) is 1. The lowest BCUT2D eigenvalue weighted by Crippen LogP contribution is -2.38. The van der Waals surface area contributed by atoms with Gasteiger partial charge in [-0.15, -0.1) is 26.3 Å². The smallest absolute Gasteiger partial charge is 0.406 e. The first-order valence-electron chi connectivity index (χ1n) is 9.74. The van der Waals surface area contributed by atoms with E-state index in [0.717, 1.165) is 24.3 Å². The minimum absolute atomic E-state index is 0.132. The van der Waals surface area contributed by atoms with Gasteiger partial charge in [0.2, 0.25) is 0 Å². The number of benzene rings is 2. The minimum atomic E-state index is -5.17. The molecule has 1 aromatic heterocycles. The predicted octanol–water partition coefficient (Wildman–Crippen LogP) is 4.27. The average Bonchev–Trinajstić information content (AvgIpc) is 3.13. The van der Waals surface area contributed by atoms with Crippen LogP contribution in [0, 0.1) is 0 Å². The van der Waals surface area contributed by atoms with Crippen molar-refractivity contribution in [1.29, 1.82) is 0 Å². The van der Waals surface area contributed by atoms with Gasteiger partial charge in [-0.1, -0.05) is 12.1 Å². The Morgan fingerprint density at radius 2 is 1.14 bits per heavy atom. The number of aromatic nitrogens is 2. The van der Waals surface area contributed by atoms with E-state index in [1.54, 1.807) is 0 Å². The van der Waals surface area contributed by atoms with Gasteiger partial charge in [0.1, 0.15) is 11.5 Å². The van der Waals surface area contributed by atoms with Crippen molar-refractivity contribution < 1.29 is 49.0 Å². The maximum absolute atomic E-state index is 14.1. The van der Waals surface area contributed by atoms with Gasteiger partial charge in [0, 0.05) is 11.3 Å². The normalized spacial score (nSPS) is 17.4. The van der Waals surface area contributed by atoms with Gasteiger partial charge in [0.05, 0.1) is 0 Å². The van der Waals surface area contributed by atoms with Crippen LogP contribution in [0.5, 0.6) is 11.5 Å². The molecular formula is C20H11F9N6O2. The molecular weight excluding hydrogens is 527 g/mol. The van der Waals surface area contributed by atoms with Crippen molar-refractivity contribution >= 4 is 17.3 Å². The van der Waals surface area contributed by atoms with Gasteiger partial charge in [0.25, 0.3) is 5.66 Å². The molecule has 37 heavy (non-hydrogen) atoms. The third-order valence-corrected chi connectivity index (χ3v) is 4.66. The molecule has 8 nitrogen and oxygen atoms in total. The number of hydrogen-bond donors (Lipinski definition) is 2. The summed E-state index contributed by atoms with van der Waals surface area (Å²) in [5.41, 5.74) is 0.764. The van der Waals surface area contributed by atoms with Gasteiger partial charge in [-0.25, -0.2) is 20.0 Å². The molecule has 1 atom stereocenters. The van der Waals surface area contributed by atoms with Crippen molar-refractivity contribution in [1.82, 2.24) is 9.97 Å². The summed E-state index contributed by atoms with van der Waals surface area (Å²) in [6.07, 6.45) is -15.1. The van der Waals surface area contributed by atoms with Crippen molar-refractivity contribution in [2.24, 2.45) is 9.98 Å². The molecule has 2 heterocycles.